The molecule has 0 aliphatic rings. The molecule has 1 aromatic carbocycles. The summed E-state index contributed by atoms with van der Waals surface area (Å²) in [5.41, 5.74) is 1.06. The molecule has 0 radical (unpaired) electrons. The average molecular weight is 341 g/mol. The zero-order valence-corrected chi connectivity index (χ0v) is 13.5. The molecule has 0 saturated heterocycles. The third kappa shape index (κ3) is 4.08. The summed E-state index contributed by atoms with van der Waals surface area (Å²) in [7, 11) is 0. The topological polar surface area (TPSA) is 73.2 Å². The van der Waals surface area contributed by atoms with Crippen LogP contribution in [0.3, 0.4) is 0 Å². The third-order valence-corrected chi connectivity index (χ3v) is 4.10. The van der Waals surface area contributed by atoms with Crippen LogP contribution in [0.15, 0.2) is 60.2 Å². The van der Waals surface area contributed by atoms with Crippen molar-refractivity contribution in [3.05, 3.63) is 70.7 Å². The number of nitrogens with zero attached hydrogens (tertiary/aromatic N) is 2. The molecular weight excluding hydrogens is 326 g/mol. The van der Waals surface area contributed by atoms with E-state index >= 15 is 0 Å². The van der Waals surface area contributed by atoms with E-state index in [1.807, 2.05) is 17.5 Å². The van der Waals surface area contributed by atoms with Crippen LogP contribution in [-0.2, 0) is 11.3 Å². The van der Waals surface area contributed by atoms with E-state index in [1.165, 1.54) is 11.3 Å². The zero-order chi connectivity index (χ0) is 16.8. The van der Waals surface area contributed by atoms with E-state index in [0.717, 1.165) is 0 Å². The molecule has 0 aliphatic heterocycles. The van der Waals surface area contributed by atoms with Gasteiger partial charge in [0.05, 0.1) is 17.0 Å². The van der Waals surface area contributed by atoms with Gasteiger partial charge < -0.3 is 10.1 Å². The number of thiophene rings is 1. The predicted octanol–water partition coefficient (Wildman–Crippen LogP) is 3.05. The van der Waals surface area contributed by atoms with Crippen LogP contribution in [0.1, 0.15) is 20.0 Å². The lowest BCUT2D eigenvalue weighted by Crippen LogP contribution is -2.12. The lowest BCUT2D eigenvalue weighted by atomic mass is 10.2. The van der Waals surface area contributed by atoms with Crippen molar-refractivity contribution >= 4 is 28.9 Å². The van der Waals surface area contributed by atoms with Crippen molar-refractivity contribution in [1.29, 1.82) is 0 Å². The first-order valence-corrected chi connectivity index (χ1v) is 8.20. The minimum Gasteiger partial charge on any atom is -0.460 e. The van der Waals surface area contributed by atoms with Gasteiger partial charge in [0, 0.05) is 18.1 Å². The van der Waals surface area contributed by atoms with Gasteiger partial charge in [-0.05, 0) is 41.8 Å². The van der Waals surface area contributed by atoms with Gasteiger partial charge in [0.1, 0.15) is 6.61 Å². The van der Waals surface area contributed by atoms with Gasteiger partial charge in [0.15, 0.2) is 0 Å². The van der Waals surface area contributed by atoms with E-state index in [2.05, 4.69) is 10.4 Å². The molecule has 2 aromatic heterocycles. The zero-order valence-electron chi connectivity index (χ0n) is 12.7. The molecular formula is C17H15N3O3S. The number of hydrogen-bond acceptors (Lipinski definition) is 5. The Morgan fingerprint density at radius 1 is 1.17 bits per heavy atom. The van der Waals surface area contributed by atoms with Crippen LogP contribution >= 0.6 is 11.3 Å². The number of carbonyl (C=O) groups is 2. The lowest BCUT2D eigenvalue weighted by Gasteiger charge is -2.07. The highest BCUT2D eigenvalue weighted by atomic mass is 32.1. The maximum absolute atomic E-state index is 12.0. The van der Waals surface area contributed by atoms with Gasteiger partial charge in [-0.3, -0.25) is 9.48 Å². The van der Waals surface area contributed by atoms with Gasteiger partial charge in [0.25, 0.3) is 5.91 Å². The van der Waals surface area contributed by atoms with Crippen LogP contribution in [-0.4, -0.2) is 28.3 Å². The molecule has 24 heavy (non-hydrogen) atoms. The van der Waals surface area contributed by atoms with E-state index in [1.54, 1.807) is 47.4 Å². The molecule has 7 heteroatoms. The molecule has 0 atom stereocenters. The molecule has 3 rings (SSSR count). The van der Waals surface area contributed by atoms with Gasteiger partial charge in [-0.25, -0.2) is 4.79 Å². The first kappa shape index (κ1) is 15.9. The van der Waals surface area contributed by atoms with Crippen molar-refractivity contribution in [3.63, 3.8) is 0 Å². The first-order valence-electron chi connectivity index (χ1n) is 7.32. The SMILES string of the molecule is O=C(OCCn1cccn1)c1ccc(NC(=O)c2cccs2)cc1. The molecule has 1 N–H and O–H groups in total. The van der Waals surface area contributed by atoms with Gasteiger partial charge in [-0.2, -0.15) is 5.10 Å². The van der Waals surface area contributed by atoms with Crippen molar-refractivity contribution in [2.24, 2.45) is 0 Å². The Bertz CT molecular complexity index is 796. The van der Waals surface area contributed by atoms with Crippen molar-refractivity contribution in [3.8, 4) is 0 Å². The van der Waals surface area contributed by atoms with E-state index in [4.69, 9.17) is 4.74 Å². The van der Waals surface area contributed by atoms with Crippen LogP contribution in [0.4, 0.5) is 5.69 Å². The van der Waals surface area contributed by atoms with Crippen LogP contribution < -0.4 is 5.32 Å². The molecule has 122 valence electrons. The summed E-state index contributed by atoms with van der Waals surface area (Å²) in [4.78, 5) is 24.5. The number of rotatable bonds is 6. The minimum absolute atomic E-state index is 0.167. The van der Waals surface area contributed by atoms with Crippen LogP contribution in [0, 0.1) is 0 Å². The van der Waals surface area contributed by atoms with Crippen LogP contribution in [0.5, 0.6) is 0 Å². The molecule has 3 aromatic rings. The van der Waals surface area contributed by atoms with E-state index < -0.39 is 5.97 Å². The number of esters is 1. The molecule has 0 bridgehead atoms. The maximum atomic E-state index is 12.0. The fraction of sp³-hybridized carbons (Fsp3) is 0.118. The Balaban J connectivity index is 1.51. The fourth-order valence-electron chi connectivity index (χ4n) is 2.04. The average Bonchev–Trinajstić information content (AvgIpc) is 3.29. The van der Waals surface area contributed by atoms with Gasteiger partial charge in [0.2, 0.25) is 0 Å². The number of benzene rings is 1. The summed E-state index contributed by atoms with van der Waals surface area (Å²) in [6.07, 6.45) is 3.48. The Morgan fingerprint density at radius 2 is 2.00 bits per heavy atom. The Labute approximate surface area is 142 Å². The van der Waals surface area contributed by atoms with Crippen molar-refractivity contribution in [1.82, 2.24) is 9.78 Å². The first-order chi connectivity index (χ1) is 11.7. The molecule has 6 nitrogen and oxygen atoms in total. The number of hydrogen-bond donors (Lipinski definition) is 1. The summed E-state index contributed by atoms with van der Waals surface area (Å²) in [6, 6.07) is 12.0. The summed E-state index contributed by atoms with van der Waals surface area (Å²) < 4.78 is 6.89. The Kier molecular flexibility index (Phi) is 5.02. The Hall–Kier alpha value is -2.93. The molecule has 0 aliphatic carbocycles. The largest absolute Gasteiger partial charge is 0.460 e. The second-order valence-electron chi connectivity index (χ2n) is 4.91. The molecule has 0 unspecified atom stereocenters. The van der Waals surface area contributed by atoms with Crippen LogP contribution in [0.25, 0.3) is 0 Å². The number of amides is 1. The minimum atomic E-state index is -0.404. The maximum Gasteiger partial charge on any atom is 0.338 e. The van der Waals surface area contributed by atoms with Crippen molar-refractivity contribution in [2.45, 2.75) is 6.54 Å². The summed E-state index contributed by atoms with van der Waals surface area (Å²) in [5.74, 6) is -0.571. The second-order valence-corrected chi connectivity index (χ2v) is 5.86. The van der Waals surface area contributed by atoms with Crippen molar-refractivity contribution in [2.75, 3.05) is 11.9 Å². The molecule has 0 fully saturated rings. The monoisotopic (exact) mass is 341 g/mol. The third-order valence-electron chi connectivity index (χ3n) is 3.24. The highest BCUT2D eigenvalue weighted by molar-refractivity contribution is 7.12. The molecule has 2 heterocycles. The van der Waals surface area contributed by atoms with Gasteiger partial charge in [-0.15, -0.1) is 11.3 Å². The van der Waals surface area contributed by atoms with Crippen molar-refractivity contribution < 1.29 is 14.3 Å². The van der Waals surface area contributed by atoms with E-state index in [0.29, 0.717) is 22.7 Å². The number of carbonyl (C=O) groups excluding carboxylic acids is 2. The second kappa shape index (κ2) is 7.56. The highest BCUT2D eigenvalue weighted by Crippen LogP contribution is 2.14. The molecule has 0 spiro atoms. The standard InChI is InChI=1S/C17H15N3O3S/c21-16(15-3-1-12-24-15)19-14-6-4-13(5-7-14)17(22)23-11-10-20-9-2-8-18-20/h1-9,12H,10-11H2,(H,19,21). The van der Waals surface area contributed by atoms with Crippen LogP contribution in [0.2, 0.25) is 0 Å². The van der Waals surface area contributed by atoms with Gasteiger partial charge in [-0.1, -0.05) is 6.07 Å². The number of anilines is 1. The predicted molar refractivity (Wildman–Crippen MR) is 91.2 cm³/mol. The number of aromatic nitrogens is 2. The molecule has 1 amide bonds. The lowest BCUT2D eigenvalue weighted by molar-refractivity contribution is 0.0487. The normalized spacial score (nSPS) is 10.3. The fourth-order valence-corrected chi connectivity index (χ4v) is 2.66. The molecule has 0 saturated carbocycles. The summed E-state index contributed by atoms with van der Waals surface area (Å²) >= 11 is 1.37. The van der Waals surface area contributed by atoms with Gasteiger partial charge >= 0.3 is 5.97 Å². The quantitative estimate of drug-likeness (QED) is 0.699. The number of nitrogens with one attached hydrogen (secondary N) is 1. The highest BCUT2D eigenvalue weighted by Gasteiger charge is 2.09. The number of ether oxygens (including phenoxy) is 1. The summed E-state index contributed by atoms with van der Waals surface area (Å²) in [5, 5.41) is 8.66. The smallest absolute Gasteiger partial charge is 0.338 e. The Morgan fingerprint density at radius 3 is 2.67 bits per heavy atom. The van der Waals surface area contributed by atoms with E-state index in [9.17, 15) is 9.59 Å². The summed E-state index contributed by atoms with van der Waals surface area (Å²) in [6.45, 7) is 0.755. The van der Waals surface area contributed by atoms with E-state index in [-0.39, 0.29) is 12.5 Å².